The van der Waals surface area contributed by atoms with E-state index < -0.39 is 6.04 Å². The van der Waals surface area contributed by atoms with Gasteiger partial charge >= 0.3 is 0 Å². The van der Waals surface area contributed by atoms with Gasteiger partial charge in [-0.1, -0.05) is 37.8 Å². The first kappa shape index (κ1) is 29.0. The van der Waals surface area contributed by atoms with Crippen molar-refractivity contribution in [2.24, 2.45) is 5.73 Å². The quantitative estimate of drug-likeness (QED) is 0.472. The molecule has 0 aliphatic carbocycles. The van der Waals surface area contributed by atoms with Crippen LogP contribution >= 0.6 is 0 Å². The van der Waals surface area contributed by atoms with E-state index in [2.05, 4.69) is 44.8 Å². The van der Waals surface area contributed by atoms with Crippen LogP contribution in [0.4, 0.5) is 11.6 Å². The lowest BCUT2D eigenvalue weighted by molar-refractivity contribution is -0.122. The minimum Gasteiger partial charge on any atom is -0.372 e. The van der Waals surface area contributed by atoms with Crippen molar-refractivity contribution in [3.05, 3.63) is 47.3 Å². The Kier molecular flexibility index (Phi) is 11.6. The van der Waals surface area contributed by atoms with Crippen LogP contribution in [0.25, 0.3) is 0 Å². The van der Waals surface area contributed by atoms with E-state index in [9.17, 15) is 9.59 Å². The minimum atomic E-state index is -0.454. The molecule has 2 aliphatic heterocycles. The predicted octanol–water partition coefficient (Wildman–Crippen LogP) is 4.81. The standard InChI is InChI=1S/C31H46N6O2/c32-27-11-5-3-6-12-28-26(23-35-31(36-28)34-20-8-2-1-7-19-33-30(27)39)29(38)18-15-24-13-16-25(17-14-24)37-21-9-4-10-22-37/h13-14,16-17,23,27H,1-12,15,18-22,32H2,(H,33,39)(H,34,35,36)/t27-/m0/s1. The van der Waals surface area contributed by atoms with Gasteiger partial charge in [-0.2, -0.15) is 0 Å². The first-order valence-electron chi connectivity index (χ1n) is 15.1. The van der Waals surface area contributed by atoms with E-state index in [1.165, 1.54) is 30.5 Å². The normalized spacial score (nSPS) is 20.3. The Morgan fingerprint density at radius 1 is 0.897 bits per heavy atom. The van der Waals surface area contributed by atoms with Crippen molar-refractivity contribution >= 4 is 23.3 Å². The summed E-state index contributed by atoms with van der Waals surface area (Å²) < 4.78 is 0. The number of nitrogens with zero attached hydrogens (tertiary/aromatic N) is 3. The maximum atomic E-state index is 13.3. The number of anilines is 2. The van der Waals surface area contributed by atoms with Crippen LogP contribution in [0.5, 0.6) is 0 Å². The second kappa shape index (κ2) is 15.6. The third-order valence-corrected chi connectivity index (χ3v) is 7.92. The number of benzene rings is 1. The van der Waals surface area contributed by atoms with Crippen molar-refractivity contribution in [3.8, 4) is 0 Å². The van der Waals surface area contributed by atoms with Crippen LogP contribution in [0.15, 0.2) is 30.5 Å². The molecule has 2 aromatic rings. The minimum absolute atomic E-state index is 0.0488. The molecular weight excluding hydrogens is 488 g/mol. The van der Waals surface area contributed by atoms with Crippen molar-refractivity contribution in [2.45, 2.75) is 95.9 Å². The summed E-state index contributed by atoms with van der Waals surface area (Å²) in [6.45, 7) is 3.74. The third-order valence-electron chi connectivity index (χ3n) is 7.92. The van der Waals surface area contributed by atoms with E-state index in [-0.39, 0.29) is 11.7 Å². The Labute approximate surface area is 233 Å². The highest BCUT2D eigenvalue weighted by molar-refractivity contribution is 5.97. The number of nitrogens with one attached hydrogen (secondary N) is 2. The average Bonchev–Trinajstić information content (AvgIpc) is 2.97. The van der Waals surface area contributed by atoms with Gasteiger partial charge in [0.25, 0.3) is 0 Å². The number of aromatic nitrogens is 2. The van der Waals surface area contributed by atoms with Crippen LogP contribution in [0.2, 0.25) is 0 Å². The average molecular weight is 535 g/mol. The number of ketones is 1. The molecule has 1 atom stereocenters. The molecule has 39 heavy (non-hydrogen) atoms. The maximum absolute atomic E-state index is 13.3. The van der Waals surface area contributed by atoms with Crippen molar-refractivity contribution in [2.75, 3.05) is 36.4 Å². The van der Waals surface area contributed by atoms with Gasteiger partial charge in [0.1, 0.15) is 0 Å². The van der Waals surface area contributed by atoms with Gasteiger partial charge < -0.3 is 21.3 Å². The molecule has 0 radical (unpaired) electrons. The number of fused-ring (bicyclic) bond motifs is 2. The third kappa shape index (κ3) is 9.31. The van der Waals surface area contributed by atoms with Crippen molar-refractivity contribution in [1.82, 2.24) is 15.3 Å². The van der Waals surface area contributed by atoms with Crippen LogP contribution in [0.3, 0.4) is 0 Å². The highest BCUT2D eigenvalue weighted by atomic mass is 16.2. The molecule has 0 unspecified atom stereocenters. The van der Waals surface area contributed by atoms with E-state index >= 15 is 0 Å². The highest BCUT2D eigenvalue weighted by Gasteiger charge is 2.17. The summed E-state index contributed by atoms with van der Waals surface area (Å²) in [4.78, 5) is 37.2. The van der Waals surface area contributed by atoms with Gasteiger partial charge in [-0.3, -0.25) is 9.59 Å². The fraction of sp³-hybridized carbons (Fsp3) is 0.613. The number of nitrogens with two attached hydrogens (primary N) is 1. The number of carbonyl (C=O) groups is 2. The molecule has 212 valence electrons. The van der Waals surface area contributed by atoms with Gasteiger partial charge in [-0.05, 0) is 75.5 Å². The van der Waals surface area contributed by atoms with Crippen LogP contribution < -0.4 is 21.3 Å². The van der Waals surface area contributed by atoms with Gasteiger partial charge in [0.2, 0.25) is 11.9 Å². The van der Waals surface area contributed by atoms with E-state index in [0.717, 1.165) is 70.3 Å². The van der Waals surface area contributed by atoms with E-state index in [1.54, 1.807) is 6.20 Å². The Morgan fingerprint density at radius 3 is 2.36 bits per heavy atom. The van der Waals surface area contributed by atoms with Crippen molar-refractivity contribution in [3.63, 3.8) is 0 Å². The molecule has 1 aromatic heterocycles. The van der Waals surface area contributed by atoms with Crippen LogP contribution in [-0.4, -0.2) is 53.9 Å². The molecular formula is C31H46N6O2. The van der Waals surface area contributed by atoms with Crippen molar-refractivity contribution < 1.29 is 9.59 Å². The summed E-state index contributed by atoms with van der Waals surface area (Å²) in [6.07, 6.45) is 14.9. The van der Waals surface area contributed by atoms with Gasteiger partial charge in [0.15, 0.2) is 5.78 Å². The van der Waals surface area contributed by atoms with Crippen molar-refractivity contribution in [1.29, 1.82) is 0 Å². The number of rotatable bonds is 5. The number of aryl methyl sites for hydroxylation is 2. The van der Waals surface area contributed by atoms with Gasteiger partial charge in [-0.15, -0.1) is 0 Å². The first-order valence-corrected chi connectivity index (χ1v) is 15.1. The lowest BCUT2D eigenvalue weighted by Gasteiger charge is -2.28. The zero-order chi connectivity index (χ0) is 27.3. The molecule has 1 fully saturated rings. The molecule has 4 N–H and O–H groups in total. The second-order valence-electron chi connectivity index (χ2n) is 11.0. The number of Topliss-reactive ketones (excluding diaryl/α,β-unsaturated/α-hetero) is 1. The lowest BCUT2D eigenvalue weighted by atomic mass is 9.99. The van der Waals surface area contributed by atoms with Gasteiger partial charge in [0.05, 0.1) is 17.3 Å². The van der Waals surface area contributed by atoms with Gasteiger partial charge in [0, 0.05) is 44.5 Å². The Bertz CT molecular complexity index is 1050. The molecule has 0 spiro atoms. The van der Waals surface area contributed by atoms with Gasteiger partial charge in [-0.25, -0.2) is 9.97 Å². The molecule has 2 bridgehead atoms. The molecule has 1 saturated heterocycles. The summed E-state index contributed by atoms with van der Waals surface area (Å²) in [5, 5.41) is 6.30. The smallest absolute Gasteiger partial charge is 0.236 e. The summed E-state index contributed by atoms with van der Waals surface area (Å²) in [5.41, 5.74) is 10.00. The second-order valence-corrected chi connectivity index (χ2v) is 11.0. The Morgan fingerprint density at radius 2 is 1.59 bits per heavy atom. The number of hydrogen-bond acceptors (Lipinski definition) is 7. The molecule has 2 aliphatic rings. The molecule has 8 nitrogen and oxygen atoms in total. The fourth-order valence-corrected chi connectivity index (χ4v) is 5.45. The zero-order valence-electron chi connectivity index (χ0n) is 23.4. The topological polar surface area (TPSA) is 113 Å². The number of piperidine rings is 1. The Hall–Kier alpha value is -3.00. The maximum Gasteiger partial charge on any atom is 0.236 e. The van der Waals surface area contributed by atoms with Crippen LogP contribution in [0, 0.1) is 0 Å². The first-order chi connectivity index (χ1) is 19.1. The molecule has 0 saturated carbocycles. The number of hydrogen-bond donors (Lipinski definition) is 3. The summed E-state index contributed by atoms with van der Waals surface area (Å²) in [5.74, 6) is 0.648. The molecule has 4 rings (SSSR count). The molecule has 3 heterocycles. The van der Waals surface area contributed by atoms with E-state index in [0.29, 0.717) is 43.7 Å². The molecule has 1 amide bonds. The number of amides is 1. The molecule has 8 heteroatoms. The summed E-state index contributed by atoms with van der Waals surface area (Å²) in [7, 11) is 0. The largest absolute Gasteiger partial charge is 0.372 e. The monoisotopic (exact) mass is 534 g/mol. The SMILES string of the molecule is N[C@H]1CCCCCc2nc(ncc2C(=O)CCc2ccc(N3CCCCC3)cc2)NCCCCCCNC1=O. The van der Waals surface area contributed by atoms with E-state index in [1.807, 2.05) is 0 Å². The Balaban J connectivity index is 1.36. The van der Waals surface area contributed by atoms with Crippen LogP contribution in [-0.2, 0) is 17.6 Å². The highest BCUT2D eigenvalue weighted by Crippen LogP contribution is 2.22. The molecule has 1 aromatic carbocycles. The predicted molar refractivity (Wildman–Crippen MR) is 157 cm³/mol. The fourth-order valence-electron chi connectivity index (χ4n) is 5.45. The summed E-state index contributed by atoms with van der Waals surface area (Å²) >= 11 is 0. The summed E-state index contributed by atoms with van der Waals surface area (Å²) in [6, 6.07) is 8.25. The number of carbonyl (C=O) groups excluding carboxylic acids is 2. The zero-order valence-corrected chi connectivity index (χ0v) is 23.4. The van der Waals surface area contributed by atoms with Crippen LogP contribution in [0.1, 0.15) is 98.7 Å². The lowest BCUT2D eigenvalue weighted by Crippen LogP contribution is -2.40. The van der Waals surface area contributed by atoms with E-state index in [4.69, 9.17) is 10.7 Å².